The predicted molar refractivity (Wildman–Crippen MR) is 75.9 cm³/mol. The van der Waals surface area contributed by atoms with Gasteiger partial charge in [0.05, 0.1) is 6.10 Å². The molecule has 2 aliphatic rings. The number of likely N-dealkylation sites (tertiary alicyclic amines) is 1. The lowest BCUT2D eigenvalue weighted by molar-refractivity contribution is -0.00363. The van der Waals surface area contributed by atoms with Gasteiger partial charge in [-0.3, -0.25) is 0 Å². The van der Waals surface area contributed by atoms with Gasteiger partial charge in [-0.1, -0.05) is 20.3 Å². The molecule has 3 nitrogen and oxygen atoms in total. The molecule has 2 rings (SSSR count). The van der Waals surface area contributed by atoms with Crippen molar-refractivity contribution in [2.24, 2.45) is 5.92 Å². The Morgan fingerprint density at radius 2 is 2.17 bits per heavy atom. The average Bonchev–Trinajstić information content (AvgIpc) is 2.85. The van der Waals surface area contributed by atoms with E-state index in [0.717, 1.165) is 12.5 Å². The van der Waals surface area contributed by atoms with Gasteiger partial charge in [-0.2, -0.15) is 0 Å². The molecule has 3 atom stereocenters. The monoisotopic (exact) mass is 254 g/mol. The van der Waals surface area contributed by atoms with E-state index in [9.17, 15) is 0 Å². The molecule has 0 amide bonds. The summed E-state index contributed by atoms with van der Waals surface area (Å²) in [6, 6.07) is 0.700. The Hall–Kier alpha value is -0.120. The van der Waals surface area contributed by atoms with Gasteiger partial charge in [-0.25, -0.2) is 0 Å². The first-order chi connectivity index (χ1) is 8.81. The molecule has 0 aromatic rings. The van der Waals surface area contributed by atoms with E-state index in [1.54, 1.807) is 0 Å². The molecule has 18 heavy (non-hydrogen) atoms. The molecule has 0 aromatic heterocycles. The zero-order valence-electron chi connectivity index (χ0n) is 12.2. The highest BCUT2D eigenvalue weighted by Gasteiger charge is 2.25. The zero-order chi connectivity index (χ0) is 12.8. The van der Waals surface area contributed by atoms with E-state index in [4.69, 9.17) is 4.74 Å². The van der Waals surface area contributed by atoms with Crippen LogP contribution in [0.1, 0.15) is 46.0 Å². The Kier molecular flexibility index (Phi) is 5.93. The van der Waals surface area contributed by atoms with Gasteiger partial charge in [0, 0.05) is 19.2 Å². The summed E-state index contributed by atoms with van der Waals surface area (Å²) in [6.07, 6.45) is 6.78. The molecule has 2 aliphatic heterocycles. The maximum atomic E-state index is 5.81. The third-order valence-corrected chi connectivity index (χ3v) is 4.49. The van der Waals surface area contributed by atoms with E-state index in [2.05, 4.69) is 24.1 Å². The van der Waals surface area contributed by atoms with Gasteiger partial charge in [-0.15, -0.1) is 0 Å². The normalized spacial score (nSPS) is 34.0. The van der Waals surface area contributed by atoms with Crippen LogP contribution in [0.25, 0.3) is 0 Å². The van der Waals surface area contributed by atoms with Crippen molar-refractivity contribution in [2.75, 3.05) is 32.8 Å². The van der Waals surface area contributed by atoms with Crippen LogP contribution in [0.2, 0.25) is 0 Å². The summed E-state index contributed by atoms with van der Waals surface area (Å²) in [4.78, 5) is 2.57. The van der Waals surface area contributed by atoms with Gasteiger partial charge in [0.2, 0.25) is 0 Å². The van der Waals surface area contributed by atoms with Crippen molar-refractivity contribution < 1.29 is 4.74 Å². The van der Waals surface area contributed by atoms with Crippen LogP contribution >= 0.6 is 0 Å². The zero-order valence-corrected chi connectivity index (χ0v) is 12.2. The van der Waals surface area contributed by atoms with Gasteiger partial charge in [0.1, 0.15) is 0 Å². The van der Waals surface area contributed by atoms with Crippen molar-refractivity contribution >= 4 is 0 Å². The minimum absolute atomic E-state index is 0.511. The van der Waals surface area contributed by atoms with Crippen LogP contribution in [0.5, 0.6) is 0 Å². The molecule has 0 saturated carbocycles. The van der Waals surface area contributed by atoms with Crippen LogP contribution in [0, 0.1) is 5.92 Å². The highest BCUT2D eigenvalue weighted by molar-refractivity contribution is 4.81. The van der Waals surface area contributed by atoms with E-state index >= 15 is 0 Å². The fourth-order valence-electron chi connectivity index (χ4n) is 3.29. The Balaban J connectivity index is 1.64. The van der Waals surface area contributed by atoms with Crippen LogP contribution in [0.15, 0.2) is 0 Å². The van der Waals surface area contributed by atoms with Crippen LogP contribution in [0.4, 0.5) is 0 Å². The first kappa shape index (κ1) is 14.3. The quantitative estimate of drug-likeness (QED) is 0.787. The van der Waals surface area contributed by atoms with E-state index in [-0.39, 0.29) is 0 Å². The van der Waals surface area contributed by atoms with Crippen LogP contribution < -0.4 is 5.32 Å². The standard InChI is InChI=1S/C15H30N2O/c1-3-5-15-10-14(7-9-18-15)16-11-13-6-8-17(4-2)12-13/h13-16H,3-12H2,1-2H3. The van der Waals surface area contributed by atoms with Gasteiger partial charge >= 0.3 is 0 Å². The number of hydrogen-bond acceptors (Lipinski definition) is 3. The molecule has 0 aliphatic carbocycles. The molecule has 2 saturated heterocycles. The molecule has 0 aromatic carbocycles. The molecule has 2 heterocycles. The molecule has 0 radical (unpaired) electrons. The van der Waals surface area contributed by atoms with Crippen molar-refractivity contribution in [3.05, 3.63) is 0 Å². The maximum Gasteiger partial charge on any atom is 0.0589 e. The summed E-state index contributed by atoms with van der Waals surface area (Å²) in [5, 5.41) is 3.79. The molecule has 1 N–H and O–H groups in total. The Bertz CT molecular complexity index is 233. The molecule has 3 heteroatoms. The lowest BCUT2D eigenvalue weighted by atomic mass is 9.99. The number of ether oxygens (including phenoxy) is 1. The van der Waals surface area contributed by atoms with Crippen LogP contribution in [-0.2, 0) is 4.74 Å². The highest BCUT2D eigenvalue weighted by Crippen LogP contribution is 2.19. The van der Waals surface area contributed by atoms with Crippen molar-refractivity contribution in [1.82, 2.24) is 10.2 Å². The summed E-state index contributed by atoms with van der Waals surface area (Å²) in [5.74, 6) is 0.873. The number of nitrogens with zero attached hydrogens (tertiary/aromatic N) is 1. The van der Waals surface area contributed by atoms with Crippen LogP contribution in [0.3, 0.4) is 0 Å². The van der Waals surface area contributed by atoms with E-state index in [0.29, 0.717) is 12.1 Å². The topological polar surface area (TPSA) is 24.5 Å². The fraction of sp³-hybridized carbons (Fsp3) is 1.00. The van der Waals surface area contributed by atoms with Crippen molar-refractivity contribution in [2.45, 2.75) is 58.1 Å². The first-order valence-corrected chi connectivity index (χ1v) is 7.89. The van der Waals surface area contributed by atoms with E-state index in [1.165, 1.54) is 58.3 Å². The van der Waals surface area contributed by atoms with E-state index < -0.39 is 0 Å². The highest BCUT2D eigenvalue weighted by atomic mass is 16.5. The second kappa shape index (κ2) is 7.46. The average molecular weight is 254 g/mol. The summed E-state index contributed by atoms with van der Waals surface area (Å²) in [6.45, 7) is 10.5. The lowest BCUT2D eigenvalue weighted by Gasteiger charge is -2.31. The van der Waals surface area contributed by atoms with Crippen molar-refractivity contribution in [3.63, 3.8) is 0 Å². The van der Waals surface area contributed by atoms with Gasteiger partial charge in [0.25, 0.3) is 0 Å². The van der Waals surface area contributed by atoms with Crippen molar-refractivity contribution in [3.8, 4) is 0 Å². The SMILES string of the molecule is CCCC1CC(NCC2CCN(CC)C2)CCO1. The molecule has 0 spiro atoms. The molecule has 3 unspecified atom stereocenters. The van der Waals surface area contributed by atoms with Crippen LogP contribution in [-0.4, -0.2) is 49.8 Å². The summed E-state index contributed by atoms with van der Waals surface area (Å²) < 4.78 is 5.81. The number of nitrogens with one attached hydrogen (secondary N) is 1. The molecule has 106 valence electrons. The summed E-state index contributed by atoms with van der Waals surface area (Å²) >= 11 is 0. The Morgan fingerprint density at radius 3 is 2.89 bits per heavy atom. The summed E-state index contributed by atoms with van der Waals surface area (Å²) in [5.41, 5.74) is 0. The second-order valence-corrected chi connectivity index (χ2v) is 5.96. The predicted octanol–water partition coefficient (Wildman–Crippen LogP) is 2.27. The number of hydrogen-bond donors (Lipinski definition) is 1. The molecule has 2 fully saturated rings. The second-order valence-electron chi connectivity index (χ2n) is 5.96. The van der Waals surface area contributed by atoms with E-state index in [1.807, 2.05) is 0 Å². The minimum Gasteiger partial charge on any atom is -0.378 e. The van der Waals surface area contributed by atoms with Gasteiger partial charge < -0.3 is 15.0 Å². The minimum atomic E-state index is 0.511. The summed E-state index contributed by atoms with van der Waals surface area (Å²) in [7, 11) is 0. The molecular formula is C15H30N2O. The Labute approximate surface area is 112 Å². The number of rotatable bonds is 6. The maximum absolute atomic E-state index is 5.81. The van der Waals surface area contributed by atoms with Gasteiger partial charge in [-0.05, 0) is 51.2 Å². The smallest absolute Gasteiger partial charge is 0.0589 e. The lowest BCUT2D eigenvalue weighted by Crippen LogP contribution is -2.41. The largest absolute Gasteiger partial charge is 0.378 e. The first-order valence-electron chi connectivity index (χ1n) is 7.89. The third-order valence-electron chi connectivity index (χ3n) is 4.49. The fourth-order valence-corrected chi connectivity index (χ4v) is 3.29. The molecular weight excluding hydrogens is 224 g/mol. The third kappa shape index (κ3) is 4.22. The van der Waals surface area contributed by atoms with Gasteiger partial charge in [0.15, 0.2) is 0 Å². The Morgan fingerprint density at radius 1 is 1.28 bits per heavy atom. The van der Waals surface area contributed by atoms with Crippen molar-refractivity contribution in [1.29, 1.82) is 0 Å². The molecule has 0 bridgehead atoms.